The van der Waals surface area contributed by atoms with E-state index in [0.717, 1.165) is 13.0 Å². The molecule has 92 valence electrons. The quantitative estimate of drug-likeness (QED) is 0.821. The molecular formula is C12H15FN2O2. The third kappa shape index (κ3) is 2.55. The van der Waals surface area contributed by atoms with Crippen LogP contribution in [0, 0.1) is 5.82 Å². The van der Waals surface area contributed by atoms with Gasteiger partial charge in [0.1, 0.15) is 11.6 Å². The Morgan fingerprint density at radius 2 is 2.35 bits per heavy atom. The Hall–Kier alpha value is -1.62. The fourth-order valence-electron chi connectivity index (χ4n) is 1.94. The summed E-state index contributed by atoms with van der Waals surface area (Å²) in [6.07, 6.45) is 0.741. The zero-order chi connectivity index (χ0) is 12.4. The van der Waals surface area contributed by atoms with Gasteiger partial charge in [-0.2, -0.15) is 0 Å². The standard InChI is InChI=1S/C12H15FN2O2/c1-15-5-4-10(12(15)17)14-7-8-6-9(13)2-3-11(8)16/h2-3,6,10,14,16H,4-5,7H2,1H3. The Balaban J connectivity index is 1.98. The molecule has 2 N–H and O–H groups in total. The SMILES string of the molecule is CN1CCC(NCc2cc(F)ccc2O)C1=O. The van der Waals surface area contributed by atoms with Crippen molar-refractivity contribution in [3.63, 3.8) is 0 Å². The van der Waals surface area contributed by atoms with Crippen molar-refractivity contribution in [1.82, 2.24) is 10.2 Å². The summed E-state index contributed by atoms with van der Waals surface area (Å²) in [6, 6.07) is 3.55. The van der Waals surface area contributed by atoms with Gasteiger partial charge >= 0.3 is 0 Å². The number of phenols is 1. The van der Waals surface area contributed by atoms with Crippen LogP contribution < -0.4 is 5.32 Å². The highest BCUT2D eigenvalue weighted by Gasteiger charge is 2.28. The van der Waals surface area contributed by atoms with Crippen molar-refractivity contribution >= 4 is 5.91 Å². The average Bonchev–Trinajstić information content (AvgIpc) is 2.62. The van der Waals surface area contributed by atoms with Gasteiger partial charge in [-0.3, -0.25) is 4.79 Å². The Morgan fingerprint density at radius 3 is 3.00 bits per heavy atom. The maximum Gasteiger partial charge on any atom is 0.239 e. The van der Waals surface area contributed by atoms with Crippen LogP contribution in [0.15, 0.2) is 18.2 Å². The molecule has 1 amide bonds. The van der Waals surface area contributed by atoms with Crippen molar-refractivity contribution in [3.8, 4) is 5.75 Å². The summed E-state index contributed by atoms with van der Waals surface area (Å²) in [4.78, 5) is 13.3. The van der Waals surface area contributed by atoms with E-state index in [1.165, 1.54) is 18.2 Å². The van der Waals surface area contributed by atoms with Crippen LogP contribution in [0.1, 0.15) is 12.0 Å². The lowest BCUT2D eigenvalue weighted by Gasteiger charge is -2.12. The van der Waals surface area contributed by atoms with Gasteiger partial charge in [0.2, 0.25) is 5.91 Å². The molecule has 1 aliphatic rings. The highest BCUT2D eigenvalue weighted by Crippen LogP contribution is 2.18. The molecule has 1 aromatic rings. The number of nitrogens with one attached hydrogen (secondary N) is 1. The smallest absolute Gasteiger partial charge is 0.239 e. The van der Waals surface area contributed by atoms with Crippen molar-refractivity contribution < 1.29 is 14.3 Å². The minimum atomic E-state index is -0.394. The predicted octanol–water partition coefficient (Wildman–Crippen LogP) is 0.852. The van der Waals surface area contributed by atoms with Crippen LogP contribution in [0.3, 0.4) is 0 Å². The Bertz CT molecular complexity index is 437. The third-order valence-electron chi connectivity index (χ3n) is 3.01. The van der Waals surface area contributed by atoms with Crippen molar-refractivity contribution in [2.24, 2.45) is 0 Å². The number of likely N-dealkylation sites (N-methyl/N-ethyl adjacent to an activating group) is 1. The lowest BCUT2D eigenvalue weighted by Crippen LogP contribution is -2.36. The number of hydrogen-bond donors (Lipinski definition) is 2. The van der Waals surface area contributed by atoms with Gasteiger partial charge in [-0.25, -0.2) is 4.39 Å². The minimum absolute atomic E-state index is 0.0395. The molecule has 1 saturated heterocycles. The number of halogens is 1. The summed E-state index contributed by atoms with van der Waals surface area (Å²) in [5.74, 6) is -0.312. The van der Waals surface area contributed by atoms with Gasteiger partial charge in [-0.1, -0.05) is 0 Å². The Morgan fingerprint density at radius 1 is 1.59 bits per heavy atom. The topological polar surface area (TPSA) is 52.6 Å². The molecule has 0 aliphatic carbocycles. The summed E-state index contributed by atoms with van der Waals surface area (Å²) >= 11 is 0. The Labute approximate surface area is 99.0 Å². The second-order valence-electron chi connectivity index (χ2n) is 4.25. The van der Waals surface area contributed by atoms with Gasteiger partial charge in [0.25, 0.3) is 0 Å². The molecule has 1 atom stereocenters. The number of benzene rings is 1. The van der Waals surface area contributed by atoms with Crippen LogP contribution in [0.2, 0.25) is 0 Å². The number of amides is 1. The van der Waals surface area contributed by atoms with Crippen LogP contribution in [-0.2, 0) is 11.3 Å². The van der Waals surface area contributed by atoms with Crippen molar-refractivity contribution in [2.45, 2.75) is 19.0 Å². The van der Waals surface area contributed by atoms with Gasteiger partial charge in [0.05, 0.1) is 6.04 Å². The summed E-state index contributed by atoms with van der Waals surface area (Å²) in [6.45, 7) is 1.01. The second-order valence-corrected chi connectivity index (χ2v) is 4.25. The molecule has 17 heavy (non-hydrogen) atoms. The van der Waals surface area contributed by atoms with Gasteiger partial charge in [0.15, 0.2) is 0 Å². The number of phenolic OH excluding ortho intramolecular Hbond substituents is 1. The summed E-state index contributed by atoms with van der Waals surface area (Å²) in [7, 11) is 1.75. The fourth-order valence-corrected chi connectivity index (χ4v) is 1.94. The van der Waals surface area contributed by atoms with E-state index in [0.29, 0.717) is 5.56 Å². The molecule has 1 unspecified atom stereocenters. The lowest BCUT2D eigenvalue weighted by molar-refractivity contribution is -0.128. The van der Waals surface area contributed by atoms with Gasteiger partial charge < -0.3 is 15.3 Å². The first kappa shape index (κ1) is 11.9. The lowest BCUT2D eigenvalue weighted by atomic mass is 10.1. The first-order valence-corrected chi connectivity index (χ1v) is 5.53. The predicted molar refractivity (Wildman–Crippen MR) is 60.9 cm³/mol. The van der Waals surface area contributed by atoms with E-state index < -0.39 is 5.82 Å². The number of nitrogens with zero attached hydrogens (tertiary/aromatic N) is 1. The van der Waals surface area contributed by atoms with Crippen LogP contribution in [0.25, 0.3) is 0 Å². The normalized spacial score (nSPS) is 20.0. The van der Waals surface area contributed by atoms with Crippen molar-refractivity contribution in [1.29, 1.82) is 0 Å². The molecule has 0 radical (unpaired) electrons. The number of aromatic hydroxyl groups is 1. The van der Waals surface area contributed by atoms with Crippen LogP contribution >= 0.6 is 0 Å². The van der Waals surface area contributed by atoms with E-state index in [4.69, 9.17) is 0 Å². The van der Waals surface area contributed by atoms with Gasteiger partial charge in [-0.05, 0) is 24.6 Å². The molecule has 5 heteroatoms. The summed E-state index contributed by atoms with van der Waals surface area (Å²) in [5.41, 5.74) is 0.465. The molecule has 2 rings (SSSR count). The van der Waals surface area contributed by atoms with E-state index in [1.807, 2.05) is 0 Å². The molecule has 0 bridgehead atoms. The zero-order valence-corrected chi connectivity index (χ0v) is 9.61. The maximum absolute atomic E-state index is 13.0. The molecule has 1 fully saturated rings. The molecule has 1 heterocycles. The highest BCUT2D eigenvalue weighted by atomic mass is 19.1. The van der Waals surface area contributed by atoms with Crippen LogP contribution in [0.5, 0.6) is 5.75 Å². The average molecular weight is 238 g/mol. The molecule has 1 aliphatic heterocycles. The van der Waals surface area contributed by atoms with Crippen molar-refractivity contribution in [2.75, 3.05) is 13.6 Å². The minimum Gasteiger partial charge on any atom is -0.508 e. The van der Waals surface area contributed by atoms with E-state index in [1.54, 1.807) is 11.9 Å². The highest BCUT2D eigenvalue weighted by molar-refractivity contribution is 5.83. The largest absolute Gasteiger partial charge is 0.508 e. The number of likely N-dealkylation sites (tertiary alicyclic amines) is 1. The number of carbonyl (C=O) groups excluding carboxylic acids is 1. The second kappa shape index (κ2) is 4.71. The molecule has 0 saturated carbocycles. The van der Waals surface area contributed by atoms with E-state index in [9.17, 15) is 14.3 Å². The zero-order valence-electron chi connectivity index (χ0n) is 9.61. The van der Waals surface area contributed by atoms with Gasteiger partial charge in [0, 0.05) is 25.7 Å². The summed E-state index contributed by atoms with van der Waals surface area (Å²) in [5, 5.41) is 12.6. The van der Waals surface area contributed by atoms with E-state index in [2.05, 4.69) is 5.32 Å². The summed E-state index contributed by atoms with van der Waals surface area (Å²) < 4.78 is 13.0. The molecule has 1 aromatic carbocycles. The fraction of sp³-hybridized carbons (Fsp3) is 0.417. The molecule has 0 aromatic heterocycles. The van der Waals surface area contributed by atoms with E-state index >= 15 is 0 Å². The van der Waals surface area contributed by atoms with Crippen LogP contribution in [-0.4, -0.2) is 35.5 Å². The number of rotatable bonds is 3. The third-order valence-corrected chi connectivity index (χ3v) is 3.01. The molecule has 4 nitrogen and oxygen atoms in total. The Kier molecular flexibility index (Phi) is 3.28. The van der Waals surface area contributed by atoms with Crippen molar-refractivity contribution in [3.05, 3.63) is 29.6 Å². The van der Waals surface area contributed by atoms with Gasteiger partial charge in [-0.15, -0.1) is 0 Å². The first-order valence-electron chi connectivity index (χ1n) is 5.53. The number of carbonyl (C=O) groups is 1. The molecule has 0 spiro atoms. The van der Waals surface area contributed by atoms with E-state index in [-0.39, 0.29) is 24.2 Å². The monoisotopic (exact) mass is 238 g/mol. The maximum atomic E-state index is 13.0. The molecular weight excluding hydrogens is 223 g/mol. The van der Waals surface area contributed by atoms with Crippen LogP contribution in [0.4, 0.5) is 4.39 Å². The number of hydrogen-bond acceptors (Lipinski definition) is 3. The first-order chi connectivity index (χ1) is 8.08.